The molecule has 2 atom stereocenters. The molecule has 0 amide bonds. The zero-order valence-electron chi connectivity index (χ0n) is 16.1. The number of hydrogen-bond donors (Lipinski definition) is 2. The van der Waals surface area contributed by atoms with Crippen LogP contribution in [0.3, 0.4) is 0 Å². The van der Waals surface area contributed by atoms with E-state index in [1.807, 2.05) is 13.0 Å². The average molecular weight is 410 g/mol. The number of thiazole rings is 1. The molecule has 1 aliphatic rings. The van der Waals surface area contributed by atoms with Gasteiger partial charge in [-0.1, -0.05) is 54.7 Å². The highest BCUT2D eigenvalue weighted by Crippen LogP contribution is 2.35. The van der Waals surface area contributed by atoms with Crippen LogP contribution in [0.15, 0.2) is 48.5 Å². The van der Waals surface area contributed by atoms with E-state index in [1.54, 1.807) is 12.1 Å². The van der Waals surface area contributed by atoms with Gasteiger partial charge >= 0.3 is 0 Å². The predicted octanol–water partition coefficient (Wildman–Crippen LogP) is 2.93. The van der Waals surface area contributed by atoms with Gasteiger partial charge in [-0.25, -0.2) is 9.37 Å². The van der Waals surface area contributed by atoms with Crippen LogP contribution >= 0.6 is 11.3 Å². The van der Waals surface area contributed by atoms with Gasteiger partial charge in [-0.3, -0.25) is 0 Å². The molecule has 2 N–H and O–H groups in total. The molecule has 5 rings (SSSR count). The third kappa shape index (κ3) is 3.20. The molecule has 0 spiro atoms. The molecule has 3 heterocycles. The molecule has 0 bridgehead atoms. The number of aromatic hydroxyl groups is 1. The highest BCUT2D eigenvalue weighted by atomic mass is 32.1. The smallest absolute Gasteiger partial charge is 0.235 e. The molecule has 0 saturated heterocycles. The Morgan fingerprint density at radius 2 is 2.03 bits per heavy atom. The van der Waals surface area contributed by atoms with Gasteiger partial charge in [-0.2, -0.15) is 4.52 Å². The summed E-state index contributed by atoms with van der Waals surface area (Å²) in [5, 5.41) is 15.4. The Hall–Kier alpha value is -2.77. The lowest BCUT2D eigenvalue weighted by molar-refractivity contribution is -0.940. The van der Waals surface area contributed by atoms with Gasteiger partial charge < -0.3 is 10.0 Å². The summed E-state index contributed by atoms with van der Waals surface area (Å²) in [5.74, 6) is 0.550. The molecule has 5 nitrogen and oxygen atoms in total. The maximum atomic E-state index is 14.1. The van der Waals surface area contributed by atoms with E-state index in [9.17, 15) is 9.50 Å². The molecule has 0 radical (unpaired) electrons. The molecule has 148 valence electrons. The molecule has 7 heteroatoms. The molecule has 2 aromatic heterocycles. The maximum absolute atomic E-state index is 14.1. The lowest BCUT2D eigenvalue weighted by Gasteiger charge is -2.32. The number of hydrogen-bond acceptors (Lipinski definition) is 4. The summed E-state index contributed by atoms with van der Waals surface area (Å²) in [7, 11) is 0. The Labute approximate surface area is 172 Å². The van der Waals surface area contributed by atoms with Gasteiger partial charge in [0.25, 0.3) is 0 Å². The zero-order valence-corrected chi connectivity index (χ0v) is 16.9. The molecule has 0 aliphatic carbocycles. The average Bonchev–Trinajstić information content (AvgIpc) is 3.27. The van der Waals surface area contributed by atoms with Crippen LogP contribution in [0.25, 0.3) is 4.96 Å². The Kier molecular flexibility index (Phi) is 4.56. The number of benzene rings is 2. The van der Waals surface area contributed by atoms with Crippen LogP contribution in [0.2, 0.25) is 0 Å². The summed E-state index contributed by atoms with van der Waals surface area (Å²) in [5.41, 5.74) is 3.53. The van der Waals surface area contributed by atoms with E-state index >= 15 is 0 Å². The number of fused-ring (bicyclic) bond motifs is 2. The number of nitrogens with zero attached hydrogens (tertiary/aromatic N) is 3. The van der Waals surface area contributed by atoms with Crippen molar-refractivity contribution >= 4 is 16.3 Å². The summed E-state index contributed by atoms with van der Waals surface area (Å²) in [6, 6.07) is 15.0. The second-order valence-corrected chi connectivity index (χ2v) is 8.47. The summed E-state index contributed by atoms with van der Waals surface area (Å²) < 4.78 is 15.6. The van der Waals surface area contributed by atoms with Gasteiger partial charge in [-0.15, -0.1) is 5.10 Å². The van der Waals surface area contributed by atoms with Gasteiger partial charge in [0, 0.05) is 24.0 Å². The van der Waals surface area contributed by atoms with Crippen molar-refractivity contribution in [3.8, 4) is 5.88 Å². The highest BCUT2D eigenvalue weighted by molar-refractivity contribution is 7.17. The minimum atomic E-state index is -0.267. The van der Waals surface area contributed by atoms with Crippen LogP contribution in [-0.2, 0) is 19.4 Å². The Balaban J connectivity index is 1.62. The van der Waals surface area contributed by atoms with E-state index < -0.39 is 0 Å². The van der Waals surface area contributed by atoms with Crippen molar-refractivity contribution in [2.45, 2.75) is 32.4 Å². The third-order valence-corrected chi connectivity index (χ3v) is 6.75. The van der Waals surface area contributed by atoms with Crippen molar-refractivity contribution in [2.75, 3.05) is 6.54 Å². The van der Waals surface area contributed by atoms with Crippen LogP contribution in [0, 0.1) is 5.82 Å². The minimum absolute atomic E-state index is 0.109. The molecule has 2 aromatic carbocycles. The zero-order chi connectivity index (χ0) is 20.0. The fourth-order valence-corrected chi connectivity index (χ4v) is 5.40. The lowest BCUT2D eigenvalue weighted by Crippen LogP contribution is -3.12. The lowest BCUT2D eigenvalue weighted by atomic mass is 9.95. The number of aromatic nitrogens is 3. The number of rotatable bonds is 4. The van der Waals surface area contributed by atoms with E-state index in [0.29, 0.717) is 17.2 Å². The highest BCUT2D eigenvalue weighted by Gasteiger charge is 2.35. The fourth-order valence-electron chi connectivity index (χ4n) is 4.24. The molecule has 0 fully saturated rings. The topological polar surface area (TPSA) is 54.9 Å². The van der Waals surface area contributed by atoms with Crippen molar-refractivity contribution in [1.29, 1.82) is 0 Å². The van der Waals surface area contributed by atoms with Gasteiger partial charge in [0.1, 0.15) is 17.2 Å². The van der Waals surface area contributed by atoms with E-state index in [2.05, 4.69) is 34.3 Å². The second kappa shape index (κ2) is 7.24. The number of nitrogens with one attached hydrogen (secondary N) is 1. The van der Waals surface area contributed by atoms with E-state index in [1.165, 1.54) is 37.9 Å². The van der Waals surface area contributed by atoms with Gasteiger partial charge in [0.2, 0.25) is 10.8 Å². The normalized spacial score (nSPS) is 17.4. The summed E-state index contributed by atoms with van der Waals surface area (Å²) in [4.78, 5) is 7.25. The maximum Gasteiger partial charge on any atom is 0.235 e. The van der Waals surface area contributed by atoms with Crippen molar-refractivity contribution in [3.63, 3.8) is 0 Å². The van der Waals surface area contributed by atoms with E-state index in [-0.39, 0.29) is 17.7 Å². The van der Waals surface area contributed by atoms with E-state index in [0.717, 1.165) is 30.0 Å². The molecule has 4 aromatic rings. The molecule has 29 heavy (non-hydrogen) atoms. The minimum Gasteiger partial charge on any atom is -0.492 e. The SMILES string of the molecule is CCc1nc2sc([C@H](c3cccc(F)c3)[NH+]3CCc4ccccc4C3)c(O)n2n1. The third-order valence-electron chi connectivity index (χ3n) is 5.66. The van der Waals surface area contributed by atoms with Crippen molar-refractivity contribution in [1.82, 2.24) is 14.6 Å². The van der Waals surface area contributed by atoms with Crippen LogP contribution in [0.5, 0.6) is 5.88 Å². The van der Waals surface area contributed by atoms with Gasteiger partial charge in [0.05, 0.1) is 6.54 Å². The number of aryl methyl sites for hydroxylation is 1. The molecule has 1 unspecified atom stereocenters. The van der Waals surface area contributed by atoms with Gasteiger partial charge in [-0.05, 0) is 17.7 Å². The van der Waals surface area contributed by atoms with Crippen LogP contribution in [-0.4, -0.2) is 26.2 Å². The Morgan fingerprint density at radius 3 is 2.79 bits per heavy atom. The first-order valence-corrected chi connectivity index (χ1v) is 10.7. The summed E-state index contributed by atoms with van der Waals surface area (Å²) >= 11 is 1.44. The van der Waals surface area contributed by atoms with Crippen LogP contribution < -0.4 is 4.90 Å². The largest absolute Gasteiger partial charge is 0.492 e. The van der Waals surface area contributed by atoms with Crippen molar-refractivity contribution in [3.05, 3.63) is 81.7 Å². The monoisotopic (exact) mass is 409 g/mol. The van der Waals surface area contributed by atoms with E-state index in [4.69, 9.17) is 0 Å². The van der Waals surface area contributed by atoms with Crippen molar-refractivity contribution < 1.29 is 14.4 Å². The fraction of sp³-hybridized carbons (Fsp3) is 0.273. The standard InChI is InChI=1S/C22H21FN4OS/c1-2-18-24-22-27(25-18)21(28)20(29-22)19(15-8-5-9-17(23)12-15)26-11-10-14-6-3-4-7-16(14)13-26/h3-9,12,19,28H,2,10-11,13H2,1H3/p+1/t19-/m0/s1. The Bertz CT molecular complexity index is 1180. The summed E-state index contributed by atoms with van der Waals surface area (Å²) in [6.45, 7) is 3.72. The quantitative estimate of drug-likeness (QED) is 0.545. The molecular formula is C22H22FN4OS+. The molecule has 1 aliphatic heterocycles. The first-order chi connectivity index (χ1) is 14.1. The molecular weight excluding hydrogens is 387 g/mol. The Morgan fingerprint density at radius 1 is 1.21 bits per heavy atom. The molecule has 0 saturated carbocycles. The van der Waals surface area contributed by atoms with Gasteiger partial charge in [0.15, 0.2) is 11.9 Å². The van der Waals surface area contributed by atoms with Crippen LogP contribution in [0.1, 0.15) is 40.4 Å². The van der Waals surface area contributed by atoms with Crippen LogP contribution in [0.4, 0.5) is 4.39 Å². The summed E-state index contributed by atoms with van der Waals surface area (Å²) in [6.07, 6.45) is 1.67. The number of quaternary nitrogens is 1. The first-order valence-electron chi connectivity index (χ1n) is 9.88. The second-order valence-electron chi connectivity index (χ2n) is 7.46. The first kappa shape index (κ1) is 18.3. The van der Waals surface area contributed by atoms with Crippen molar-refractivity contribution in [2.24, 2.45) is 0 Å². The number of halogens is 1. The predicted molar refractivity (Wildman–Crippen MR) is 110 cm³/mol.